The van der Waals surface area contributed by atoms with Crippen LogP contribution in [0.1, 0.15) is 6.92 Å². The molecule has 0 radical (unpaired) electrons. The zero-order valence-corrected chi connectivity index (χ0v) is 7.77. The summed E-state index contributed by atoms with van der Waals surface area (Å²) in [5, 5.41) is 12.6. The molecule has 1 aromatic rings. The van der Waals surface area contributed by atoms with E-state index in [0.29, 0.717) is 0 Å². The molecule has 0 aliphatic heterocycles. The fourth-order valence-electron chi connectivity index (χ4n) is 1.10. The number of anilines is 1. The third-order valence-corrected chi connectivity index (χ3v) is 1.99. The molecule has 0 amide bonds. The van der Waals surface area contributed by atoms with E-state index in [9.17, 15) is 5.11 Å². The lowest BCUT2D eigenvalue weighted by molar-refractivity contribution is 0.166. The Kier molecular flexibility index (Phi) is 3.73. The number of rotatable bonds is 4. The van der Waals surface area contributed by atoms with Gasteiger partial charge >= 0.3 is 0 Å². The lowest BCUT2D eigenvalue weighted by Crippen LogP contribution is -2.36. The van der Waals surface area contributed by atoms with E-state index < -0.39 is 6.10 Å². The van der Waals surface area contributed by atoms with Gasteiger partial charge < -0.3 is 16.2 Å². The van der Waals surface area contributed by atoms with Crippen LogP contribution < -0.4 is 11.1 Å². The second kappa shape index (κ2) is 4.84. The highest BCUT2D eigenvalue weighted by atomic mass is 16.3. The van der Waals surface area contributed by atoms with Crippen molar-refractivity contribution in [1.82, 2.24) is 0 Å². The van der Waals surface area contributed by atoms with Crippen LogP contribution >= 0.6 is 0 Å². The van der Waals surface area contributed by atoms with E-state index in [1.165, 1.54) is 0 Å². The molecule has 0 bridgehead atoms. The number of aliphatic hydroxyl groups is 1. The molecular weight excluding hydrogens is 164 g/mol. The van der Waals surface area contributed by atoms with Crippen LogP contribution in [0.2, 0.25) is 0 Å². The normalized spacial score (nSPS) is 15.0. The van der Waals surface area contributed by atoms with Gasteiger partial charge in [0.2, 0.25) is 0 Å². The Labute approximate surface area is 78.6 Å². The monoisotopic (exact) mass is 180 g/mol. The molecule has 13 heavy (non-hydrogen) atoms. The molecule has 2 unspecified atom stereocenters. The zero-order chi connectivity index (χ0) is 9.68. The van der Waals surface area contributed by atoms with Gasteiger partial charge in [-0.15, -0.1) is 0 Å². The summed E-state index contributed by atoms with van der Waals surface area (Å²) in [5.41, 5.74) is 6.34. The lowest BCUT2D eigenvalue weighted by Gasteiger charge is -2.19. The molecule has 3 heteroatoms. The Bertz CT molecular complexity index is 238. The molecule has 1 aromatic carbocycles. The molecule has 0 aliphatic carbocycles. The zero-order valence-electron chi connectivity index (χ0n) is 7.77. The van der Waals surface area contributed by atoms with Crippen LogP contribution in [0.25, 0.3) is 0 Å². The average molecular weight is 180 g/mol. The number of nitrogens with one attached hydrogen (secondary N) is 1. The Hall–Kier alpha value is -1.06. The van der Waals surface area contributed by atoms with Crippen molar-refractivity contribution in [2.45, 2.75) is 19.1 Å². The summed E-state index contributed by atoms with van der Waals surface area (Å²) in [6.45, 7) is 2.19. The van der Waals surface area contributed by atoms with Gasteiger partial charge in [-0.25, -0.2) is 0 Å². The fraction of sp³-hybridized carbons (Fsp3) is 0.400. The molecule has 0 aromatic heterocycles. The van der Waals surface area contributed by atoms with E-state index >= 15 is 0 Å². The van der Waals surface area contributed by atoms with Crippen molar-refractivity contribution in [1.29, 1.82) is 0 Å². The van der Waals surface area contributed by atoms with Gasteiger partial charge in [-0.3, -0.25) is 0 Å². The quantitative estimate of drug-likeness (QED) is 0.642. The Morgan fingerprint density at radius 3 is 2.54 bits per heavy atom. The van der Waals surface area contributed by atoms with E-state index in [1.807, 2.05) is 37.3 Å². The molecule has 4 N–H and O–H groups in total. The van der Waals surface area contributed by atoms with Crippen molar-refractivity contribution < 1.29 is 5.11 Å². The van der Waals surface area contributed by atoms with Crippen LogP contribution in [-0.2, 0) is 0 Å². The molecule has 0 spiro atoms. The Morgan fingerprint density at radius 2 is 2.00 bits per heavy atom. The summed E-state index contributed by atoms with van der Waals surface area (Å²) in [5.74, 6) is 0. The van der Waals surface area contributed by atoms with Crippen molar-refractivity contribution in [3.63, 3.8) is 0 Å². The minimum absolute atomic E-state index is 0.0209. The molecule has 0 saturated heterocycles. The summed E-state index contributed by atoms with van der Waals surface area (Å²) < 4.78 is 0. The maximum Gasteiger partial charge on any atom is 0.0860 e. The third-order valence-electron chi connectivity index (χ3n) is 1.99. The summed E-state index contributed by atoms with van der Waals surface area (Å²) in [4.78, 5) is 0. The number of para-hydroxylation sites is 1. The SMILES string of the molecule is CC(Nc1ccccc1)C(O)CN. The second-order valence-corrected chi connectivity index (χ2v) is 3.10. The van der Waals surface area contributed by atoms with Gasteiger partial charge in [-0.05, 0) is 19.1 Å². The summed E-state index contributed by atoms with van der Waals surface area (Å²) in [6.07, 6.45) is -0.500. The number of benzene rings is 1. The van der Waals surface area contributed by atoms with Crippen LogP contribution in [0.5, 0.6) is 0 Å². The molecule has 1 rings (SSSR count). The van der Waals surface area contributed by atoms with Gasteiger partial charge in [-0.2, -0.15) is 0 Å². The molecule has 0 aliphatic rings. The first-order valence-electron chi connectivity index (χ1n) is 4.43. The van der Waals surface area contributed by atoms with Crippen molar-refractivity contribution >= 4 is 5.69 Å². The van der Waals surface area contributed by atoms with Crippen molar-refractivity contribution in [2.24, 2.45) is 5.73 Å². The predicted molar refractivity (Wildman–Crippen MR) is 54.6 cm³/mol. The number of nitrogens with two attached hydrogens (primary N) is 1. The van der Waals surface area contributed by atoms with Gasteiger partial charge in [0.15, 0.2) is 0 Å². The molecule has 3 nitrogen and oxygen atoms in total. The summed E-state index contributed by atoms with van der Waals surface area (Å²) >= 11 is 0. The number of hydrogen-bond acceptors (Lipinski definition) is 3. The average Bonchev–Trinajstić information content (AvgIpc) is 2.18. The maximum atomic E-state index is 9.40. The standard InChI is InChI=1S/C10H16N2O/c1-8(10(13)7-11)12-9-5-3-2-4-6-9/h2-6,8,10,12-13H,7,11H2,1H3. The third kappa shape index (κ3) is 3.05. The number of hydrogen-bond donors (Lipinski definition) is 3. The van der Waals surface area contributed by atoms with Crippen molar-refractivity contribution in [2.75, 3.05) is 11.9 Å². The summed E-state index contributed by atoms with van der Waals surface area (Å²) in [6, 6.07) is 9.75. The van der Waals surface area contributed by atoms with E-state index in [2.05, 4.69) is 5.32 Å². The Balaban J connectivity index is 2.50. The number of aliphatic hydroxyl groups excluding tert-OH is 1. The van der Waals surface area contributed by atoms with Crippen LogP contribution in [0.3, 0.4) is 0 Å². The van der Waals surface area contributed by atoms with Crippen LogP contribution in [0.4, 0.5) is 5.69 Å². The minimum Gasteiger partial charge on any atom is -0.390 e. The second-order valence-electron chi connectivity index (χ2n) is 3.10. The molecular formula is C10H16N2O. The van der Waals surface area contributed by atoms with E-state index in [0.717, 1.165) is 5.69 Å². The molecule has 2 atom stereocenters. The minimum atomic E-state index is -0.500. The molecule has 0 fully saturated rings. The Morgan fingerprint density at radius 1 is 1.38 bits per heavy atom. The highest BCUT2D eigenvalue weighted by molar-refractivity contribution is 5.43. The fourth-order valence-corrected chi connectivity index (χ4v) is 1.10. The van der Waals surface area contributed by atoms with E-state index in [4.69, 9.17) is 5.73 Å². The smallest absolute Gasteiger partial charge is 0.0860 e. The van der Waals surface area contributed by atoms with Crippen LogP contribution in [0, 0.1) is 0 Å². The molecule has 0 saturated carbocycles. The van der Waals surface area contributed by atoms with Gasteiger partial charge in [-0.1, -0.05) is 18.2 Å². The highest BCUT2D eigenvalue weighted by Gasteiger charge is 2.10. The molecule has 0 heterocycles. The highest BCUT2D eigenvalue weighted by Crippen LogP contribution is 2.08. The van der Waals surface area contributed by atoms with Crippen LogP contribution in [0.15, 0.2) is 30.3 Å². The summed E-state index contributed by atoms with van der Waals surface area (Å²) in [7, 11) is 0. The van der Waals surface area contributed by atoms with Gasteiger partial charge in [0.1, 0.15) is 0 Å². The van der Waals surface area contributed by atoms with E-state index in [-0.39, 0.29) is 12.6 Å². The van der Waals surface area contributed by atoms with E-state index in [1.54, 1.807) is 0 Å². The first-order valence-corrected chi connectivity index (χ1v) is 4.43. The lowest BCUT2D eigenvalue weighted by atomic mass is 10.2. The largest absolute Gasteiger partial charge is 0.390 e. The topological polar surface area (TPSA) is 58.3 Å². The van der Waals surface area contributed by atoms with Gasteiger partial charge in [0.05, 0.1) is 12.1 Å². The predicted octanol–water partition coefficient (Wildman–Crippen LogP) is 0.807. The molecule has 72 valence electrons. The van der Waals surface area contributed by atoms with Crippen molar-refractivity contribution in [3.8, 4) is 0 Å². The van der Waals surface area contributed by atoms with Gasteiger partial charge in [0.25, 0.3) is 0 Å². The van der Waals surface area contributed by atoms with Crippen molar-refractivity contribution in [3.05, 3.63) is 30.3 Å². The first-order chi connectivity index (χ1) is 6.24. The first kappa shape index (κ1) is 10.0. The van der Waals surface area contributed by atoms with Crippen LogP contribution in [-0.4, -0.2) is 23.8 Å². The van der Waals surface area contributed by atoms with Gasteiger partial charge in [0, 0.05) is 12.2 Å². The maximum absolute atomic E-state index is 9.40.